The first-order valence-electron chi connectivity index (χ1n) is 9.34. The van der Waals surface area contributed by atoms with E-state index in [-0.39, 0.29) is 18.5 Å². The SMILES string of the molecule is Cc1cnn(CC(=O)N[C@@H](C)c2cnn(-c3cccc4ccccc34)c2C)c1. The number of benzene rings is 2. The van der Waals surface area contributed by atoms with Gasteiger partial charge >= 0.3 is 0 Å². The Bertz CT molecular complexity index is 1140. The average Bonchev–Trinajstić information content (AvgIpc) is 3.26. The van der Waals surface area contributed by atoms with Crippen molar-refractivity contribution in [1.29, 1.82) is 0 Å². The van der Waals surface area contributed by atoms with Gasteiger partial charge in [0.2, 0.25) is 5.91 Å². The average molecular weight is 373 g/mol. The van der Waals surface area contributed by atoms with Crippen molar-refractivity contribution >= 4 is 16.7 Å². The first kappa shape index (κ1) is 18.0. The molecule has 2 aromatic heterocycles. The number of aryl methyl sites for hydroxylation is 1. The van der Waals surface area contributed by atoms with Gasteiger partial charge in [0, 0.05) is 22.8 Å². The van der Waals surface area contributed by atoms with Gasteiger partial charge in [0.25, 0.3) is 0 Å². The van der Waals surface area contributed by atoms with Gasteiger partial charge in [0.1, 0.15) is 6.54 Å². The predicted molar refractivity (Wildman–Crippen MR) is 109 cm³/mol. The van der Waals surface area contributed by atoms with E-state index in [0.29, 0.717) is 0 Å². The number of amides is 1. The molecule has 0 saturated carbocycles. The maximum absolute atomic E-state index is 12.4. The highest BCUT2D eigenvalue weighted by molar-refractivity contribution is 5.90. The molecule has 0 spiro atoms. The minimum absolute atomic E-state index is 0.0760. The third-order valence-corrected chi connectivity index (χ3v) is 4.95. The van der Waals surface area contributed by atoms with Crippen molar-refractivity contribution in [3.05, 3.63) is 77.9 Å². The molecule has 1 N–H and O–H groups in total. The number of hydrogen-bond donors (Lipinski definition) is 1. The fourth-order valence-corrected chi connectivity index (χ4v) is 3.55. The summed E-state index contributed by atoms with van der Waals surface area (Å²) in [5.74, 6) is -0.0760. The normalized spacial score (nSPS) is 12.2. The zero-order valence-electron chi connectivity index (χ0n) is 16.3. The summed E-state index contributed by atoms with van der Waals surface area (Å²) in [5.41, 5.74) is 4.08. The van der Waals surface area contributed by atoms with Crippen LogP contribution in [0.2, 0.25) is 0 Å². The molecule has 0 aliphatic rings. The Balaban J connectivity index is 1.56. The van der Waals surface area contributed by atoms with Crippen molar-refractivity contribution in [3.63, 3.8) is 0 Å². The summed E-state index contributed by atoms with van der Waals surface area (Å²) in [6.07, 6.45) is 5.43. The van der Waals surface area contributed by atoms with Gasteiger partial charge in [0.05, 0.1) is 24.1 Å². The van der Waals surface area contributed by atoms with Crippen LogP contribution < -0.4 is 5.32 Å². The molecule has 2 aromatic carbocycles. The van der Waals surface area contributed by atoms with E-state index in [4.69, 9.17) is 0 Å². The number of carbonyl (C=O) groups excluding carboxylic acids is 1. The topological polar surface area (TPSA) is 64.7 Å². The van der Waals surface area contributed by atoms with E-state index in [1.165, 1.54) is 5.39 Å². The third-order valence-electron chi connectivity index (χ3n) is 4.95. The highest BCUT2D eigenvalue weighted by Gasteiger charge is 2.17. The second kappa shape index (κ2) is 7.31. The van der Waals surface area contributed by atoms with Crippen LogP contribution in [0.25, 0.3) is 16.5 Å². The molecule has 4 rings (SSSR count). The zero-order valence-corrected chi connectivity index (χ0v) is 16.3. The first-order valence-corrected chi connectivity index (χ1v) is 9.34. The lowest BCUT2D eigenvalue weighted by Crippen LogP contribution is -2.30. The molecule has 0 saturated heterocycles. The molecule has 2 heterocycles. The van der Waals surface area contributed by atoms with E-state index in [1.54, 1.807) is 10.9 Å². The van der Waals surface area contributed by atoms with E-state index in [0.717, 1.165) is 27.9 Å². The highest BCUT2D eigenvalue weighted by Crippen LogP contribution is 2.25. The summed E-state index contributed by atoms with van der Waals surface area (Å²) < 4.78 is 3.58. The van der Waals surface area contributed by atoms with Gasteiger partial charge in [-0.1, -0.05) is 36.4 Å². The number of fused-ring (bicyclic) bond motifs is 1. The highest BCUT2D eigenvalue weighted by atomic mass is 16.2. The molecule has 1 atom stereocenters. The molecule has 0 unspecified atom stereocenters. The quantitative estimate of drug-likeness (QED) is 0.580. The van der Waals surface area contributed by atoms with Crippen molar-refractivity contribution in [2.24, 2.45) is 0 Å². The summed E-state index contributed by atoms with van der Waals surface area (Å²) in [6.45, 7) is 6.16. The van der Waals surface area contributed by atoms with Gasteiger partial charge in [-0.15, -0.1) is 0 Å². The van der Waals surface area contributed by atoms with Crippen LogP contribution in [0.1, 0.15) is 29.8 Å². The Hall–Kier alpha value is -3.41. The Labute approximate surface area is 163 Å². The molecule has 0 aliphatic carbocycles. The van der Waals surface area contributed by atoms with Gasteiger partial charge in [-0.3, -0.25) is 9.48 Å². The number of aromatic nitrogens is 4. The van der Waals surface area contributed by atoms with E-state index < -0.39 is 0 Å². The fraction of sp³-hybridized carbons (Fsp3) is 0.227. The Morgan fingerprint density at radius 2 is 1.86 bits per heavy atom. The van der Waals surface area contributed by atoms with Gasteiger partial charge < -0.3 is 5.32 Å². The summed E-state index contributed by atoms with van der Waals surface area (Å²) in [4.78, 5) is 12.4. The Kier molecular flexibility index (Phi) is 4.69. The molecule has 0 fully saturated rings. The molecule has 4 aromatic rings. The van der Waals surface area contributed by atoms with Crippen LogP contribution in [-0.2, 0) is 11.3 Å². The Morgan fingerprint density at radius 1 is 1.07 bits per heavy atom. The number of hydrogen-bond acceptors (Lipinski definition) is 3. The van der Waals surface area contributed by atoms with Gasteiger partial charge in [-0.25, -0.2) is 4.68 Å². The number of carbonyl (C=O) groups is 1. The van der Waals surface area contributed by atoms with Crippen molar-refractivity contribution in [3.8, 4) is 5.69 Å². The minimum atomic E-state index is -0.145. The van der Waals surface area contributed by atoms with Gasteiger partial charge in [0.15, 0.2) is 0 Å². The van der Waals surface area contributed by atoms with E-state index in [1.807, 2.05) is 56.0 Å². The van der Waals surface area contributed by atoms with Crippen molar-refractivity contribution in [1.82, 2.24) is 24.9 Å². The molecule has 0 bridgehead atoms. The molecular weight excluding hydrogens is 350 g/mol. The standard InChI is InChI=1S/C22H23N5O/c1-15-11-23-26(13-15)14-22(28)25-16(2)20-12-24-27(17(20)3)21-10-6-8-18-7-4-5-9-19(18)21/h4-13,16H,14H2,1-3H3,(H,25,28)/t16-/m0/s1. The maximum Gasteiger partial charge on any atom is 0.242 e. The summed E-state index contributed by atoms with van der Waals surface area (Å²) >= 11 is 0. The fourth-order valence-electron chi connectivity index (χ4n) is 3.55. The van der Waals surface area contributed by atoms with Crippen molar-refractivity contribution in [2.45, 2.75) is 33.4 Å². The molecular formula is C22H23N5O. The lowest BCUT2D eigenvalue weighted by atomic mass is 10.1. The van der Waals surface area contributed by atoms with Crippen molar-refractivity contribution < 1.29 is 4.79 Å². The Morgan fingerprint density at radius 3 is 2.64 bits per heavy atom. The van der Waals surface area contributed by atoms with Crippen LogP contribution in [0.4, 0.5) is 0 Å². The molecule has 0 radical (unpaired) electrons. The second-order valence-electron chi connectivity index (χ2n) is 7.10. The molecule has 6 nitrogen and oxygen atoms in total. The molecule has 142 valence electrons. The van der Waals surface area contributed by atoms with Crippen LogP contribution in [0.5, 0.6) is 0 Å². The van der Waals surface area contributed by atoms with E-state index in [2.05, 4.69) is 39.8 Å². The lowest BCUT2D eigenvalue weighted by Gasteiger charge is -2.15. The van der Waals surface area contributed by atoms with Crippen LogP contribution in [-0.4, -0.2) is 25.5 Å². The predicted octanol–water partition coefficient (Wildman–Crippen LogP) is 3.72. The molecule has 1 amide bonds. The van der Waals surface area contributed by atoms with Crippen molar-refractivity contribution in [2.75, 3.05) is 0 Å². The van der Waals surface area contributed by atoms with Gasteiger partial charge in [-0.2, -0.15) is 10.2 Å². The van der Waals surface area contributed by atoms with E-state index in [9.17, 15) is 4.79 Å². The van der Waals surface area contributed by atoms with Crippen LogP contribution in [0, 0.1) is 13.8 Å². The molecule has 0 aliphatic heterocycles. The zero-order chi connectivity index (χ0) is 19.7. The molecule has 28 heavy (non-hydrogen) atoms. The number of nitrogens with zero attached hydrogens (tertiary/aromatic N) is 4. The minimum Gasteiger partial charge on any atom is -0.348 e. The van der Waals surface area contributed by atoms with Crippen LogP contribution >= 0.6 is 0 Å². The number of nitrogens with one attached hydrogen (secondary N) is 1. The smallest absolute Gasteiger partial charge is 0.242 e. The summed E-state index contributed by atoms with van der Waals surface area (Å²) in [6, 6.07) is 14.3. The molecule has 6 heteroatoms. The number of rotatable bonds is 5. The van der Waals surface area contributed by atoms with E-state index >= 15 is 0 Å². The van der Waals surface area contributed by atoms with Gasteiger partial charge in [-0.05, 0) is 37.8 Å². The summed E-state index contributed by atoms with van der Waals surface area (Å²) in [5, 5.41) is 14.1. The lowest BCUT2D eigenvalue weighted by molar-refractivity contribution is -0.122. The first-order chi connectivity index (χ1) is 13.5. The largest absolute Gasteiger partial charge is 0.348 e. The second-order valence-corrected chi connectivity index (χ2v) is 7.10. The summed E-state index contributed by atoms with van der Waals surface area (Å²) in [7, 11) is 0. The van der Waals surface area contributed by atoms with Crippen LogP contribution in [0.3, 0.4) is 0 Å². The third kappa shape index (κ3) is 3.41. The van der Waals surface area contributed by atoms with Crippen LogP contribution in [0.15, 0.2) is 61.1 Å². The monoisotopic (exact) mass is 373 g/mol. The maximum atomic E-state index is 12.4.